The number of nitrogens with zero attached hydrogens (tertiary/aromatic N) is 2. The average Bonchev–Trinajstić information content (AvgIpc) is 3.41. The van der Waals surface area contributed by atoms with E-state index in [1.165, 1.54) is 6.20 Å². The van der Waals surface area contributed by atoms with E-state index in [9.17, 15) is 17.8 Å². The van der Waals surface area contributed by atoms with Crippen molar-refractivity contribution in [2.75, 3.05) is 43.6 Å². The van der Waals surface area contributed by atoms with Crippen LogP contribution in [0.2, 0.25) is 0 Å². The highest BCUT2D eigenvalue weighted by molar-refractivity contribution is 7.82. The molecule has 1 aromatic heterocycles. The van der Waals surface area contributed by atoms with Gasteiger partial charge in [-0.15, -0.1) is 0 Å². The number of carbonyl (C=O) groups is 1. The average molecular weight is 514 g/mol. The predicted octanol–water partition coefficient (Wildman–Crippen LogP) is 3.66. The number of rotatable bonds is 4. The van der Waals surface area contributed by atoms with Crippen LogP contribution in [0.25, 0.3) is 22.3 Å². The number of anilines is 2. The van der Waals surface area contributed by atoms with Gasteiger partial charge in [-0.2, -0.15) is 0 Å². The van der Waals surface area contributed by atoms with Crippen molar-refractivity contribution in [1.82, 2.24) is 15.0 Å². The summed E-state index contributed by atoms with van der Waals surface area (Å²) >= 11 is 0. The number of amides is 1. The lowest BCUT2D eigenvalue weighted by Crippen LogP contribution is -2.31. The molecule has 3 heterocycles. The van der Waals surface area contributed by atoms with E-state index in [0.717, 1.165) is 43.5 Å². The molecule has 5 rings (SSSR count). The Hall–Kier alpha value is -3.37. The van der Waals surface area contributed by atoms with Gasteiger partial charge in [-0.25, -0.2) is 22.7 Å². The Kier molecular flexibility index (Phi) is 7.95. The minimum absolute atomic E-state index is 0.0942. The van der Waals surface area contributed by atoms with Crippen LogP contribution in [-0.2, 0) is 17.4 Å². The molecule has 1 atom stereocenters. The Bertz CT molecular complexity index is 1310. The summed E-state index contributed by atoms with van der Waals surface area (Å²) in [5.41, 5.74) is 9.99. The van der Waals surface area contributed by atoms with Crippen LogP contribution in [0.4, 0.5) is 20.3 Å². The summed E-state index contributed by atoms with van der Waals surface area (Å²) in [7, 11) is 0.826. The number of hydrogen-bond acceptors (Lipinski definition) is 5. The molecule has 10 heteroatoms. The lowest BCUT2D eigenvalue weighted by molar-refractivity contribution is 0.0946. The normalized spacial score (nSPS) is 15.6. The number of aromatic nitrogens is 1. The highest BCUT2D eigenvalue weighted by Gasteiger charge is 2.22. The molecule has 190 valence electrons. The molecule has 1 amide bonds. The molecule has 1 saturated heterocycles. The first-order chi connectivity index (χ1) is 17.3. The molecule has 2 aliphatic rings. The Morgan fingerprint density at radius 1 is 1.03 bits per heavy atom. The van der Waals surface area contributed by atoms with E-state index in [1.54, 1.807) is 43.6 Å². The van der Waals surface area contributed by atoms with Gasteiger partial charge in [0.2, 0.25) is 0 Å². The van der Waals surface area contributed by atoms with Gasteiger partial charge in [0.05, 0.1) is 16.7 Å². The third-order valence-electron chi connectivity index (χ3n) is 6.37. The summed E-state index contributed by atoms with van der Waals surface area (Å²) in [6.45, 7) is 2.05. The molecule has 0 aliphatic carbocycles. The molecule has 2 aromatic carbocycles. The molecule has 0 radical (unpaired) electrons. The molecule has 0 spiro atoms. The molecule has 0 saturated carbocycles. The van der Waals surface area contributed by atoms with E-state index in [1.807, 2.05) is 11.0 Å². The van der Waals surface area contributed by atoms with Gasteiger partial charge in [0.25, 0.3) is 5.91 Å². The summed E-state index contributed by atoms with van der Waals surface area (Å²) in [6, 6.07) is 10.4. The van der Waals surface area contributed by atoms with Crippen molar-refractivity contribution in [3.8, 4) is 22.3 Å². The van der Waals surface area contributed by atoms with Crippen molar-refractivity contribution in [3.05, 3.63) is 65.4 Å². The fourth-order valence-electron chi connectivity index (χ4n) is 4.41. The molecule has 1 fully saturated rings. The van der Waals surface area contributed by atoms with Gasteiger partial charge in [0, 0.05) is 54.3 Å². The summed E-state index contributed by atoms with van der Waals surface area (Å²) in [5, 5.41) is 2.82. The lowest BCUT2D eigenvalue weighted by atomic mass is 9.94. The van der Waals surface area contributed by atoms with Gasteiger partial charge in [0.1, 0.15) is 5.82 Å². The number of pyridine rings is 1. The standard InChI is InChI=1S/C24H22F2N4O.C2H7NOS/c25-21-17(5-6-20(22(21)26)30-9-1-2-10-30)16-12-19(23(27)29-13-16)14-3-4-18-15(11-14)7-8-28-24(18)31;1-3-5(2)4/h3-6,11-13H,1-2,7-10H2,(H2,27,29)(H,28,31);3H,1-2H3. The van der Waals surface area contributed by atoms with Crippen molar-refractivity contribution < 1.29 is 17.8 Å². The van der Waals surface area contributed by atoms with Crippen LogP contribution >= 0.6 is 0 Å². The number of benzene rings is 2. The molecule has 36 heavy (non-hydrogen) atoms. The van der Waals surface area contributed by atoms with Gasteiger partial charge >= 0.3 is 0 Å². The second-order valence-electron chi connectivity index (χ2n) is 8.65. The van der Waals surface area contributed by atoms with Crippen molar-refractivity contribution in [2.45, 2.75) is 19.3 Å². The van der Waals surface area contributed by atoms with Crippen LogP contribution in [0.3, 0.4) is 0 Å². The van der Waals surface area contributed by atoms with Gasteiger partial charge in [-0.05, 0) is 61.7 Å². The number of nitrogen functional groups attached to an aromatic ring is 1. The SMILES string of the molecule is CNS(C)=O.Nc1ncc(-c2ccc(N3CCCC3)c(F)c2F)cc1-c1ccc2c(c1)CCNC2=O. The number of nitrogens with one attached hydrogen (secondary N) is 2. The number of hydrogen-bond donors (Lipinski definition) is 3. The fraction of sp³-hybridized carbons (Fsp3) is 0.308. The fourth-order valence-corrected chi connectivity index (χ4v) is 4.41. The summed E-state index contributed by atoms with van der Waals surface area (Å²) < 4.78 is 42.1. The lowest BCUT2D eigenvalue weighted by Gasteiger charge is -2.20. The van der Waals surface area contributed by atoms with Crippen molar-refractivity contribution in [2.24, 2.45) is 0 Å². The predicted molar refractivity (Wildman–Crippen MR) is 140 cm³/mol. The van der Waals surface area contributed by atoms with Gasteiger partial charge in [-0.1, -0.05) is 12.1 Å². The first-order valence-electron chi connectivity index (χ1n) is 11.7. The summed E-state index contributed by atoms with van der Waals surface area (Å²) in [6.07, 6.45) is 5.73. The van der Waals surface area contributed by atoms with Crippen molar-refractivity contribution in [1.29, 1.82) is 0 Å². The third kappa shape index (κ3) is 5.39. The van der Waals surface area contributed by atoms with E-state index in [-0.39, 0.29) is 11.5 Å². The van der Waals surface area contributed by atoms with E-state index in [0.29, 0.717) is 34.7 Å². The quantitative estimate of drug-likeness (QED) is 0.495. The van der Waals surface area contributed by atoms with Gasteiger partial charge in [-0.3, -0.25) is 4.79 Å². The van der Waals surface area contributed by atoms with Crippen LogP contribution in [0.5, 0.6) is 0 Å². The summed E-state index contributed by atoms with van der Waals surface area (Å²) in [4.78, 5) is 18.1. The van der Waals surface area contributed by atoms with E-state index >= 15 is 0 Å². The molecule has 7 nitrogen and oxygen atoms in total. The Morgan fingerprint density at radius 3 is 2.42 bits per heavy atom. The zero-order chi connectivity index (χ0) is 25.8. The van der Waals surface area contributed by atoms with Crippen LogP contribution in [-0.4, -0.2) is 48.0 Å². The molecular formula is C26H29F2N5O2S. The first-order valence-corrected chi connectivity index (χ1v) is 13.3. The summed E-state index contributed by atoms with van der Waals surface area (Å²) in [5.74, 6) is -1.52. The van der Waals surface area contributed by atoms with E-state index in [2.05, 4.69) is 15.0 Å². The third-order valence-corrected chi connectivity index (χ3v) is 6.94. The topological polar surface area (TPSA) is 100 Å². The molecular weight excluding hydrogens is 484 g/mol. The van der Waals surface area contributed by atoms with E-state index < -0.39 is 22.6 Å². The van der Waals surface area contributed by atoms with Gasteiger partial charge < -0.3 is 16.0 Å². The number of nitrogens with two attached hydrogens (primary N) is 1. The van der Waals surface area contributed by atoms with Crippen molar-refractivity contribution >= 4 is 28.4 Å². The number of fused-ring (bicyclic) bond motifs is 1. The first kappa shape index (κ1) is 25.7. The smallest absolute Gasteiger partial charge is 0.251 e. The molecule has 0 bridgehead atoms. The maximum atomic E-state index is 15.0. The number of halogens is 2. The highest BCUT2D eigenvalue weighted by Crippen LogP contribution is 2.35. The highest BCUT2D eigenvalue weighted by atomic mass is 32.2. The van der Waals surface area contributed by atoms with Crippen LogP contribution < -0.4 is 20.7 Å². The zero-order valence-corrected chi connectivity index (χ0v) is 21.1. The zero-order valence-electron chi connectivity index (χ0n) is 20.2. The molecule has 4 N–H and O–H groups in total. The second-order valence-corrected chi connectivity index (χ2v) is 9.96. The number of carbonyl (C=O) groups excluding carboxylic acids is 1. The second kappa shape index (κ2) is 11.1. The minimum atomic E-state index is -0.885. The van der Waals surface area contributed by atoms with Crippen LogP contribution in [0, 0.1) is 11.6 Å². The molecule has 3 aromatic rings. The monoisotopic (exact) mass is 513 g/mol. The van der Waals surface area contributed by atoms with Crippen molar-refractivity contribution in [3.63, 3.8) is 0 Å². The Morgan fingerprint density at radius 2 is 1.72 bits per heavy atom. The molecule has 2 aliphatic heterocycles. The largest absolute Gasteiger partial charge is 0.383 e. The van der Waals surface area contributed by atoms with Crippen LogP contribution in [0.1, 0.15) is 28.8 Å². The maximum Gasteiger partial charge on any atom is 0.251 e. The minimum Gasteiger partial charge on any atom is -0.383 e. The van der Waals surface area contributed by atoms with E-state index in [4.69, 9.17) is 5.73 Å². The maximum absolute atomic E-state index is 15.0. The molecule has 1 unspecified atom stereocenters. The Labute approximate surface area is 211 Å². The van der Waals surface area contributed by atoms with Gasteiger partial charge in [0.15, 0.2) is 11.6 Å². The Balaban J connectivity index is 0.000000556. The van der Waals surface area contributed by atoms with Crippen LogP contribution in [0.15, 0.2) is 42.6 Å².